The number of amides is 1. The van der Waals surface area contributed by atoms with E-state index in [2.05, 4.69) is 10.6 Å². The predicted molar refractivity (Wildman–Crippen MR) is 67.5 cm³/mol. The number of carbonyl (C=O) groups excluding carboxylic acids is 1. The highest BCUT2D eigenvalue weighted by molar-refractivity contribution is 5.80. The van der Waals surface area contributed by atoms with Crippen LogP contribution >= 0.6 is 0 Å². The third kappa shape index (κ3) is 4.43. The Hall–Kier alpha value is -1.58. The van der Waals surface area contributed by atoms with Crippen molar-refractivity contribution in [2.24, 2.45) is 5.92 Å². The van der Waals surface area contributed by atoms with Crippen molar-refractivity contribution in [1.29, 1.82) is 0 Å². The van der Waals surface area contributed by atoms with Crippen LogP contribution in [0.2, 0.25) is 0 Å². The molecule has 0 saturated carbocycles. The van der Waals surface area contributed by atoms with Gasteiger partial charge in [-0.15, -0.1) is 0 Å². The quantitative estimate of drug-likeness (QED) is 0.826. The van der Waals surface area contributed by atoms with Gasteiger partial charge in [0.15, 0.2) is 0 Å². The van der Waals surface area contributed by atoms with Crippen LogP contribution in [0.4, 0.5) is 10.1 Å². The molecule has 0 aliphatic heterocycles. The Morgan fingerprint density at radius 3 is 2.76 bits per heavy atom. The van der Waals surface area contributed by atoms with Crippen molar-refractivity contribution in [2.75, 3.05) is 18.4 Å². The largest absolute Gasteiger partial charge is 0.376 e. The first-order chi connectivity index (χ1) is 8.00. The normalized spacial score (nSPS) is 10.4. The van der Waals surface area contributed by atoms with E-state index in [-0.39, 0.29) is 18.3 Å². The second-order valence-corrected chi connectivity index (χ2v) is 4.46. The summed E-state index contributed by atoms with van der Waals surface area (Å²) < 4.78 is 13.2. The number of carbonyl (C=O) groups is 1. The number of nitrogens with one attached hydrogen (secondary N) is 2. The highest BCUT2D eigenvalue weighted by Gasteiger charge is 2.05. The van der Waals surface area contributed by atoms with E-state index in [1.54, 1.807) is 19.1 Å². The number of anilines is 1. The molecule has 0 heterocycles. The van der Waals surface area contributed by atoms with Crippen molar-refractivity contribution < 1.29 is 9.18 Å². The first kappa shape index (κ1) is 13.5. The molecule has 0 aliphatic carbocycles. The highest BCUT2D eigenvalue weighted by atomic mass is 19.1. The van der Waals surface area contributed by atoms with Crippen LogP contribution in [0.25, 0.3) is 0 Å². The second-order valence-electron chi connectivity index (χ2n) is 4.46. The molecule has 1 rings (SSSR count). The molecule has 1 aromatic rings. The molecule has 0 aromatic heterocycles. The fourth-order valence-electron chi connectivity index (χ4n) is 1.35. The van der Waals surface area contributed by atoms with E-state index in [0.717, 1.165) is 0 Å². The summed E-state index contributed by atoms with van der Waals surface area (Å²) in [5.41, 5.74) is 1.19. The lowest BCUT2D eigenvalue weighted by Gasteiger charge is -2.11. The van der Waals surface area contributed by atoms with Crippen LogP contribution in [0, 0.1) is 18.7 Å². The van der Waals surface area contributed by atoms with Crippen LogP contribution in [0.15, 0.2) is 18.2 Å². The van der Waals surface area contributed by atoms with Gasteiger partial charge in [0.25, 0.3) is 0 Å². The molecular weight excluding hydrogens is 219 g/mol. The molecule has 0 fully saturated rings. The number of halogens is 1. The summed E-state index contributed by atoms with van der Waals surface area (Å²) in [5, 5.41) is 5.72. The zero-order valence-corrected chi connectivity index (χ0v) is 10.5. The molecule has 0 atom stereocenters. The Kier molecular flexibility index (Phi) is 4.94. The van der Waals surface area contributed by atoms with Gasteiger partial charge in [0.05, 0.1) is 6.54 Å². The number of rotatable bonds is 5. The minimum Gasteiger partial charge on any atom is -0.376 e. The molecule has 0 spiro atoms. The minimum absolute atomic E-state index is 0.0811. The Balaban J connectivity index is 2.45. The summed E-state index contributed by atoms with van der Waals surface area (Å²) in [5.74, 6) is 0.0785. The Morgan fingerprint density at radius 1 is 1.41 bits per heavy atom. The van der Waals surface area contributed by atoms with Gasteiger partial charge in [0.1, 0.15) is 5.82 Å². The average molecular weight is 238 g/mol. The van der Waals surface area contributed by atoms with Gasteiger partial charge >= 0.3 is 0 Å². The van der Waals surface area contributed by atoms with Gasteiger partial charge < -0.3 is 10.6 Å². The minimum atomic E-state index is -0.266. The molecule has 0 unspecified atom stereocenters. The third-order valence-electron chi connectivity index (χ3n) is 2.41. The molecule has 3 nitrogen and oxygen atoms in total. The highest BCUT2D eigenvalue weighted by Crippen LogP contribution is 2.16. The van der Waals surface area contributed by atoms with Crippen molar-refractivity contribution in [2.45, 2.75) is 20.8 Å². The molecule has 0 saturated heterocycles. The summed E-state index contributed by atoms with van der Waals surface area (Å²) in [6, 6.07) is 4.78. The molecule has 1 amide bonds. The van der Waals surface area contributed by atoms with E-state index in [0.29, 0.717) is 23.7 Å². The summed E-state index contributed by atoms with van der Waals surface area (Å²) >= 11 is 0. The van der Waals surface area contributed by atoms with E-state index in [1.165, 1.54) is 6.07 Å². The van der Waals surface area contributed by atoms with Gasteiger partial charge in [-0.3, -0.25) is 4.79 Å². The van der Waals surface area contributed by atoms with Crippen LogP contribution < -0.4 is 10.6 Å². The van der Waals surface area contributed by atoms with Crippen LogP contribution in [0.3, 0.4) is 0 Å². The molecule has 0 aliphatic rings. The number of hydrogen-bond acceptors (Lipinski definition) is 2. The Bertz CT molecular complexity index is 391. The zero-order chi connectivity index (χ0) is 12.8. The van der Waals surface area contributed by atoms with Crippen LogP contribution in [-0.4, -0.2) is 19.0 Å². The summed E-state index contributed by atoms with van der Waals surface area (Å²) in [7, 11) is 0. The Labute approximate surface area is 101 Å². The van der Waals surface area contributed by atoms with Crippen molar-refractivity contribution >= 4 is 11.6 Å². The maximum absolute atomic E-state index is 13.2. The van der Waals surface area contributed by atoms with Gasteiger partial charge in [-0.05, 0) is 25.0 Å². The summed E-state index contributed by atoms with van der Waals surface area (Å²) in [6.07, 6.45) is 0. The Morgan fingerprint density at radius 2 is 2.12 bits per heavy atom. The average Bonchev–Trinajstić information content (AvgIpc) is 2.28. The lowest BCUT2D eigenvalue weighted by Crippen LogP contribution is -2.32. The second kappa shape index (κ2) is 6.23. The van der Waals surface area contributed by atoms with Gasteiger partial charge in [-0.2, -0.15) is 0 Å². The van der Waals surface area contributed by atoms with E-state index < -0.39 is 0 Å². The topological polar surface area (TPSA) is 41.1 Å². The van der Waals surface area contributed by atoms with Crippen LogP contribution in [0.1, 0.15) is 19.4 Å². The van der Waals surface area contributed by atoms with E-state index >= 15 is 0 Å². The monoisotopic (exact) mass is 238 g/mol. The summed E-state index contributed by atoms with van der Waals surface area (Å²) in [6.45, 7) is 6.57. The smallest absolute Gasteiger partial charge is 0.239 e. The lowest BCUT2D eigenvalue weighted by atomic mass is 10.2. The fourth-order valence-corrected chi connectivity index (χ4v) is 1.35. The first-order valence-electron chi connectivity index (χ1n) is 5.76. The van der Waals surface area contributed by atoms with Crippen molar-refractivity contribution in [3.8, 4) is 0 Å². The van der Waals surface area contributed by atoms with Crippen LogP contribution in [-0.2, 0) is 4.79 Å². The van der Waals surface area contributed by atoms with Crippen molar-refractivity contribution in [3.63, 3.8) is 0 Å². The zero-order valence-electron chi connectivity index (χ0n) is 10.5. The van der Waals surface area contributed by atoms with Gasteiger partial charge in [0.2, 0.25) is 5.91 Å². The van der Waals surface area contributed by atoms with Gasteiger partial charge in [-0.25, -0.2) is 4.39 Å². The van der Waals surface area contributed by atoms with Crippen LogP contribution in [0.5, 0.6) is 0 Å². The van der Waals surface area contributed by atoms with Crippen molar-refractivity contribution in [3.05, 3.63) is 29.6 Å². The molecule has 1 aromatic carbocycles. The maximum Gasteiger partial charge on any atom is 0.239 e. The molecular formula is C13H19FN2O. The maximum atomic E-state index is 13.2. The third-order valence-corrected chi connectivity index (χ3v) is 2.41. The molecule has 4 heteroatoms. The molecule has 94 valence electrons. The fraction of sp³-hybridized carbons (Fsp3) is 0.462. The van der Waals surface area contributed by atoms with E-state index in [9.17, 15) is 9.18 Å². The summed E-state index contributed by atoms with van der Waals surface area (Å²) in [4.78, 5) is 11.4. The molecule has 17 heavy (non-hydrogen) atoms. The molecule has 0 radical (unpaired) electrons. The van der Waals surface area contributed by atoms with E-state index in [4.69, 9.17) is 0 Å². The van der Waals surface area contributed by atoms with Gasteiger partial charge in [0, 0.05) is 17.8 Å². The number of hydrogen-bond donors (Lipinski definition) is 2. The number of benzene rings is 1. The van der Waals surface area contributed by atoms with Crippen molar-refractivity contribution in [1.82, 2.24) is 5.32 Å². The standard InChI is InChI=1S/C13H19FN2O/c1-9(2)7-16-13(17)8-15-12-6-4-5-11(14)10(12)3/h4-6,9,15H,7-8H2,1-3H3,(H,16,17). The molecule has 2 N–H and O–H groups in total. The van der Waals surface area contributed by atoms with Gasteiger partial charge in [-0.1, -0.05) is 19.9 Å². The predicted octanol–water partition coefficient (Wildman–Crippen LogP) is 2.32. The SMILES string of the molecule is Cc1c(F)cccc1NCC(=O)NCC(C)C. The van der Waals surface area contributed by atoms with E-state index in [1.807, 2.05) is 13.8 Å². The molecule has 0 bridgehead atoms. The lowest BCUT2D eigenvalue weighted by molar-refractivity contribution is -0.119. The first-order valence-corrected chi connectivity index (χ1v) is 5.76.